The van der Waals surface area contributed by atoms with Crippen LogP contribution in [0.2, 0.25) is 5.02 Å². The van der Waals surface area contributed by atoms with Gasteiger partial charge in [0.2, 0.25) is 0 Å². The zero-order valence-corrected chi connectivity index (χ0v) is 13.9. The van der Waals surface area contributed by atoms with Crippen LogP contribution >= 0.6 is 11.6 Å². The highest BCUT2D eigenvalue weighted by molar-refractivity contribution is 6.32. The molecule has 24 heavy (non-hydrogen) atoms. The number of carbonyl (C=O) groups is 1. The Morgan fingerprint density at radius 1 is 1.42 bits per heavy atom. The van der Waals surface area contributed by atoms with Crippen molar-refractivity contribution < 1.29 is 13.9 Å². The number of allylic oxidation sites excluding steroid dienone is 2. The topological polar surface area (TPSA) is 59.2 Å². The van der Waals surface area contributed by atoms with Crippen molar-refractivity contribution in [2.75, 3.05) is 6.61 Å². The van der Waals surface area contributed by atoms with Crippen LogP contribution in [0.3, 0.4) is 0 Å². The molecule has 0 amide bonds. The van der Waals surface area contributed by atoms with Crippen molar-refractivity contribution >= 4 is 28.8 Å². The van der Waals surface area contributed by atoms with Gasteiger partial charge in [-0.3, -0.25) is 9.59 Å². The molecule has 1 fully saturated rings. The summed E-state index contributed by atoms with van der Waals surface area (Å²) in [4.78, 5) is 25.2. The van der Waals surface area contributed by atoms with Crippen molar-refractivity contribution in [3.63, 3.8) is 0 Å². The predicted molar refractivity (Wildman–Crippen MR) is 91.8 cm³/mol. The fraction of sp³-hybridized carbons (Fsp3) is 0.333. The normalized spacial score (nSPS) is 23.4. The van der Waals surface area contributed by atoms with E-state index < -0.39 is 11.2 Å². The van der Waals surface area contributed by atoms with E-state index in [4.69, 9.17) is 16.3 Å². The van der Waals surface area contributed by atoms with Crippen LogP contribution in [-0.4, -0.2) is 23.5 Å². The van der Waals surface area contributed by atoms with Gasteiger partial charge in [0, 0.05) is 11.5 Å². The largest absolute Gasteiger partial charge is 0.492 e. The number of aldehydes is 1. The summed E-state index contributed by atoms with van der Waals surface area (Å²) in [5.74, 6) is 0.565. The van der Waals surface area contributed by atoms with Gasteiger partial charge < -0.3 is 9.72 Å². The first kappa shape index (κ1) is 16.7. The molecular weight excluding hydrogens is 333 g/mol. The van der Waals surface area contributed by atoms with Gasteiger partial charge in [0.1, 0.15) is 11.4 Å². The number of aromatic nitrogens is 1. The van der Waals surface area contributed by atoms with Crippen molar-refractivity contribution in [2.45, 2.75) is 25.4 Å². The number of alkyl halides is 1. The minimum Gasteiger partial charge on any atom is -0.492 e. The number of fused-ring (bicyclic) bond motifs is 1. The summed E-state index contributed by atoms with van der Waals surface area (Å²) in [5, 5.41) is 1.03. The van der Waals surface area contributed by atoms with Crippen LogP contribution in [0.5, 0.6) is 5.75 Å². The number of nitrogens with one attached hydrogen (secondary N) is 1. The highest BCUT2D eigenvalue weighted by atomic mass is 35.5. The molecule has 1 saturated carbocycles. The summed E-state index contributed by atoms with van der Waals surface area (Å²) in [5.41, 5.74) is -1.09. The first-order chi connectivity index (χ1) is 11.4. The molecule has 1 N–H and O–H groups in total. The molecule has 3 rings (SSSR count). The molecular formula is C18H17ClFNO3. The van der Waals surface area contributed by atoms with Crippen LogP contribution in [0, 0.1) is 5.92 Å². The second kappa shape index (κ2) is 6.40. The predicted octanol–water partition coefficient (Wildman–Crippen LogP) is 4.07. The Morgan fingerprint density at radius 3 is 2.83 bits per heavy atom. The minimum atomic E-state index is -1.22. The Balaban J connectivity index is 1.75. The molecule has 1 aliphatic carbocycles. The van der Waals surface area contributed by atoms with Crippen LogP contribution in [0.1, 0.15) is 30.1 Å². The van der Waals surface area contributed by atoms with E-state index in [9.17, 15) is 14.0 Å². The summed E-state index contributed by atoms with van der Waals surface area (Å²) in [6, 6.07) is 4.74. The number of rotatable bonds is 5. The van der Waals surface area contributed by atoms with Gasteiger partial charge in [-0.05, 0) is 37.8 Å². The molecule has 6 heteroatoms. The number of ether oxygens (including phenoxy) is 1. The molecule has 0 unspecified atom stereocenters. The van der Waals surface area contributed by atoms with Gasteiger partial charge >= 0.3 is 0 Å². The quantitative estimate of drug-likeness (QED) is 0.654. The Labute approximate surface area is 143 Å². The first-order valence-electron chi connectivity index (χ1n) is 7.71. The lowest BCUT2D eigenvalue weighted by atomic mass is 9.72. The van der Waals surface area contributed by atoms with Crippen LogP contribution in [-0.2, 0) is 0 Å². The molecule has 0 aliphatic heterocycles. The molecule has 0 atom stereocenters. The molecule has 0 saturated heterocycles. The average Bonchev–Trinajstić information content (AvgIpc) is 2.51. The van der Waals surface area contributed by atoms with E-state index in [1.807, 2.05) is 0 Å². The Kier molecular flexibility index (Phi) is 4.45. The lowest BCUT2D eigenvalue weighted by molar-refractivity contribution is 0.0261. The van der Waals surface area contributed by atoms with Crippen molar-refractivity contribution in [3.05, 3.63) is 51.3 Å². The first-order valence-corrected chi connectivity index (χ1v) is 8.09. The summed E-state index contributed by atoms with van der Waals surface area (Å²) in [6.07, 6.45) is 4.67. The van der Waals surface area contributed by atoms with Gasteiger partial charge in [-0.15, -0.1) is 0 Å². The van der Waals surface area contributed by atoms with Gasteiger partial charge in [-0.25, -0.2) is 4.39 Å². The molecule has 4 nitrogen and oxygen atoms in total. The van der Waals surface area contributed by atoms with Crippen LogP contribution in [0.4, 0.5) is 4.39 Å². The van der Waals surface area contributed by atoms with E-state index in [1.165, 1.54) is 6.07 Å². The molecule has 2 aromatic rings. The molecule has 0 radical (unpaired) electrons. The van der Waals surface area contributed by atoms with E-state index in [0.29, 0.717) is 47.4 Å². The fourth-order valence-corrected chi connectivity index (χ4v) is 3.31. The third-order valence-electron chi connectivity index (χ3n) is 4.25. The lowest BCUT2D eigenvalue weighted by Crippen LogP contribution is -2.40. The second-order valence-electron chi connectivity index (χ2n) is 6.16. The van der Waals surface area contributed by atoms with Gasteiger partial charge in [0.05, 0.1) is 22.7 Å². The molecule has 1 heterocycles. The third kappa shape index (κ3) is 3.22. The zero-order valence-electron chi connectivity index (χ0n) is 13.1. The summed E-state index contributed by atoms with van der Waals surface area (Å²) in [6.45, 7) is 2.17. The Morgan fingerprint density at radius 2 is 2.17 bits per heavy atom. The zero-order chi connectivity index (χ0) is 17.3. The van der Waals surface area contributed by atoms with Gasteiger partial charge in [0.15, 0.2) is 6.29 Å². The molecule has 126 valence electrons. The Bertz CT molecular complexity index is 868. The van der Waals surface area contributed by atoms with Crippen molar-refractivity contribution in [2.24, 2.45) is 5.92 Å². The van der Waals surface area contributed by atoms with E-state index in [0.717, 1.165) is 0 Å². The van der Waals surface area contributed by atoms with Gasteiger partial charge in [-0.2, -0.15) is 0 Å². The molecule has 1 aromatic carbocycles. The number of H-pyrrole nitrogens is 1. The lowest BCUT2D eigenvalue weighted by Gasteiger charge is -2.39. The summed E-state index contributed by atoms with van der Waals surface area (Å²) in [7, 11) is 0. The second-order valence-corrected chi connectivity index (χ2v) is 6.57. The molecule has 1 aromatic heterocycles. The number of pyridine rings is 1. The van der Waals surface area contributed by atoms with Gasteiger partial charge in [-0.1, -0.05) is 23.8 Å². The number of halogens is 2. The van der Waals surface area contributed by atoms with Gasteiger partial charge in [0.25, 0.3) is 5.56 Å². The van der Waals surface area contributed by atoms with Crippen molar-refractivity contribution in [1.29, 1.82) is 0 Å². The van der Waals surface area contributed by atoms with Crippen LogP contribution in [0.25, 0.3) is 10.9 Å². The average molecular weight is 350 g/mol. The summed E-state index contributed by atoms with van der Waals surface area (Å²) >= 11 is 6.20. The Hall–Kier alpha value is -2.14. The van der Waals surface area contributed by atoms with E-state index in [-0.39, 0.29) is 11.5 Å². The van der Waals surface area contributed by atoms with Crippen molar-refractivity contribution in [1.82, 2.24) is 4.98 Å². The smallest absolute Gasteiger partial charge is 0.259 e. The number of benzene rings is 1. The standard InChI is InChI=1S/C18H17ClFNO3/c1-2-3-18(20)7-11(8-18)10-24-16-6-15-12(5-14(16)19)4-13(9-22)17(23)21-15/h2-6,9,11H,7-8,10H2,1H3,(H,21,23)/b3-2+. The third-order valence-corrected chi connectivity index (χ3v) is 4.54. The number of hydrogen-bond acceptors (Lipinski definition) is 3. The van der Waals surface area contributed by atoms with Crippen molar-refractivity contribution in [3.8, 4) is 5.75 Å². The maximum atomic E-state index is 14.0. The summed E-state index contributed by atoms with van der Waals surface area (Å²) < 4.78 is 19.8. The highest BCUT2D eigenvalue weighted by Gasteiger charge is 2.42. The maximum Gasteiger partial charge on any atom is 0.259 e. The van der Waals surface area contributed by atoms with Crippen LogP contribution in [0.15, 0.2) is 35.1 Å². The number of aromatic amines is 1. The minimum absolute atomic E-state index is 0.0463. The molecule has 0 spiro atoms. The monoisotopic (exact) mass is 349 g/mol. The molecule has 1 aliphatic rings. The SMILES string of the molecule is C/C=C/C1(F)CC(COc2cc3[nH]c(=O)c(C=O)cc3cc2Cl)C1. The van der Waals surface area contributed by atoms with E-state index in [2.05, 4.69) is 4.98 Å². The highest BCUT2D eigenvalue weighted by Crippen LogP contribution is 2.43. The number of carbonyl (C=O) groups excluding carboxylic acids is 1. The maximum absolute atomic E-state index is 14.0. The number of hydrogen-bond donors (Lipinski definition) is 1. The van der Waals surface area contributed by atoms with E-state index in [1.54, 1.807) is 31.2 Å². The fourth-order valence-electron chi connectivity index (χ4n) is 3.08. The molecule has 0 bridgehead atoms. The van der Waals surface area contributed by atoms with E-state index >= 15 is 0 Å². The van der Waals surface area contributed by atoms with Crippen LogP contribution < -0.4 is 10.3 Å².